The Morgan fingerprint density at radius 3 is 2.50 bits per heavy atom. The molecule has 1 aliphatic heterocycles. The quantitative estimate of drug-likeness (QED) is 0.436. The van der Waals surface area contributed by atoms with Crippen LogP contribution in [0.3, 0.4) is 0 Å². The molecule has 0 bridgehead atoms. The molecule has 0 unspecified atom stereocenters. The molecule has 1 fully saturated rings. The number of piperazine rings is 1. The lowest BCUT2D eigenvalue weighted by Gasteiger charge is -2.32. The number of hydrogen-bond donors (Lipinski definition) is 1. The summed E-state index contributed by atoms with van der Waals surface area (Å²) < 4.78 is 13.0. The fraction of sp³-hybridized carbons (Fsp3) is 0.650. The topological polar surface area (TPSA) is 34.1 Å². The lowest BCUT2D eigenvalue weighted by atomic mass is 10.2. The van der Waals surface area contributed by atoms with Crippen LogP contribution in [0.4, 0.5) is 4.39 Å². The summed E-state index contributed by atoms with van der Waals surface area (Å²) in [5.41, 5.74) is 1.08. The van der Waals surface area contributed by atoms with Crippen LogP contribution >= 0.6 is 0 Å². The van der Waals surface area contributed by atoms with Gasteiger partial charge in [0.15, 0.2) is 5.96 Å². The molecule has 2 rings (SSSR count). The molecule has 0 spiro atoms. The first-order valence-corrected chi connectivity index (χ1v) is 9.73. The van der Waals surface area contributed by atoms with Crippen molar-refractivity contribution in [2.75, 3.05) is 59.9 Å². The summed E-state index contributed by atoms with van der Waals surface area (Å²) in [5.74, 6) is 0.716. The van der Waals surface area contributed by atoms with E-state index in [1.807, 2.05) is 19.2 Å². The molecule has 1 saturated heterocycles. The molecule has 26 heavy (non-hydrogen) atoms. The van der Waals surface area contributed by atoms with Crippen LogP contribution in [0.15, 0.2) is 29.3 Å². The predicted octanol–water partition coefficient (Wildman–Crippen LogP) is 2.25. The summed E-state index contributed by atoms with van der Waals surface area (Å²) in [6.07, 6.45) is 2.29. The molecule has 1 aliphatic rings. The highest BCUT2D eigenvalue weighted by Gasteiger charge is 2.12. The van der Waals surface area contributed by atoms with Crippen molar-refractivity contribution < 1.29 is 4.39 Å². The van der Waals surface area contributed by atoms with Crippen LogP contribution in [0, 0.1) is 5.82 Å². The van der Waals surface area contributed by atoms with Crippen LogP contribution in [0.5, 0.6) is 0 Å². The number of nitrogens with zero attached hydrogens (tertiary/aromatic N) is 4. The second kappa shape index (κ2) is 11.1. The van der Waals surface area contributed by atoms with Gasteiger partial charge in [-0.3, -0.25) is 4.99 Å². The predicted molar refractivity (Wildman–Crippen MR) is 107 cm³/mol. The molecule has 0 atom stereocenters. The van der Waals surface area contributed by atoms with Crippen molar-refractivity contribution in [3.8, 4) is 0 Å². The molecule has 6 heteroatoms. The minimum atomic E-state index is -0.197. The number of nitrogens with one attached hydrogen (secondary N) is 1. The molecule has 1 N–H and O–H groups in total. The number of aliphatic imine (C=N–C) groups is 1. The van der Waals surface area contributed by atoms with Crippen molar-refractivity contribution >= 4 is 5.96 Å². The van der Waals surface area contributed by atoms with E-state index in [1.165, 1.54) is 51.3 Å². The first-order valence-electron chi connectivity index (χ1n) is 9.73. The van der Waals surface area contributed by atoms with Gasteiger partial charge >= 0.3 is 0 Å². The van der Waals surface area contributed by atoms with Gasteiger partial charge in [-0.25, -0.2) is 4.39 Å². The minimum absolute atomic E-state index is 0.197. The number of benzene rings is 1. The maximum absolute atomic E-state index is 13.0. The molecule has 0 aliphatic carbocycles. The number of halogens is 1. The van der Waals surface area contributed by atoms with Crippen molar-refractivity contribution in [2.24, 2.45) is 4.99 Å². The van der Waals surface area contributed by atoms with Crippen LogP contribution in [0.25, 0.3) is 0 Å². The monoisotopic (exact) mass is 363 g/mol. The van der Waals surface area contributed by atoms with E-state index in [2.05, 4.69) is 34.0 Å². The van der Waals surface area contributed by atoms with E-state index in [-0.39, 0.29) is 5.82 Å². The summed E-state index contributed by atoms with van der Waals surface area (Å²) in [5, 5.41) is 3.35. The molecule has 1 aromatic rings. The molecule has 0 saturated carbocycles. The van der Waals surface area contributed by atoms with Gasteiger partial charge in [-0.05, 0) is 51.1 Å². The number of guanidine groups is 1. The van der Waals surface area contributed by atoms with E-state index >= 15 is 0 Å². The van der Waals surface area contributed by atoms with Crippen LogP contribution < -0.4 is 5.32 Å². The second-order valence-corrected chi connectivity index (χ2v) is 7.07. The zero-order chi connectivity index (χ0) is 18.8. The summed E-state index contributed by atoms with van der Waals surface area (Å²) in [6.45, 7) is 10.4. The van der Waals surface area contributed by atoms with Gasteiger partial charge in [-0.15, -0.1) is 0 Å². The van der Waals surface area contributed by atoms with Gasteiger partial charge in [0.25, 0.3) is 0 Å². The summed E-state index contributed by atoms with van der Waals surface area (Å²) in [6, 6.07) is 6.66. The molecule has 1 heterocycles. The smallest absolute Gasteiger partial charge is 0.193 e. The van der Waals surface area contributed by atoms with Gasteiger partial charge in [-0.2, -0.15) is 0 Å². The van der Waals surface area contributed by atoms with E-state index in [1.54, 1.807) is 0 Å². The standard InChI is InChI=1S/C20H34FN5/c1-4-22-20(25(3)17-18-7-9-19(21)10-8-18)23-11-5-6-12-26-15-13-24(2)14-16-26/h7-10H,4-6,11-17H2,1-3H3,(H,22,23). The largest absolute Gasteiger partial charge is 0.357 e. The Balaban J connectivity index is 1.73. The van der Waals surface area contributed by atoms with Gasteiger partial charge in [0.05, 0.1) is 0 Å². The summed E-state index contributed by atoms with van der Waals surface area (Å²) in [7, 11) is 4.21. The first-order chi connectivity index (χ1) is 12.6. The molecule has 5 nitrogen and oxygen atoms in total. The Bertz CT molecular complexity index is 538. The number of rotatable bonds is 8. The van der Waals surface area contributed by atoms with Crippen molar-refractivity contribution in [3.05, 3.63) is 35.6 Å². The second-order valence-electron chi connectivity index (χ2n) is 7.07. The van der Waals surface area contributed by atoms with Gasteiger partial charge in [-0.1, -0.05) is 12.1 Å². The van der Waals surface area contributed by atoms with E-state index in [9.17, 15) is 4.39 Å². The number of likely N-dealkylation sites (N-methyl/N-ethyl adjacent to an activating group) is 1. The lowest BCUT2D eigenvalue weighted by molar-refractivity contribution is 0.152. The van der Waals surface area contributed by atoms with E-state index in [4.69, 9.17) is 4.99 Å². The SMILES string of the molecule is CCNC(=NCCCCN1CCN(C)CC1)N(C)Cc1ccc(F)cc1. The van der Waals surface area contributed by atoms with E-state index in [0.29, 0.717) is 6.54 Å². The summed E-state index contributed by atoms with van der Waals surface area (Å²) >= 11 is 0. The molecule has 0 aromatic heterocycles. The fourth-order valence-electron chi connectivity index (χ4n) is 3.11. The normalized spacial score (nSPS) is 16.7. The highest BCUT2D eigenvalue weighted by Crippen LogP contribution is 2.06. The van der Waals surface area contributed by atoms with Crippen LogP contribution in [-0.4, -0.2) is 80.6 Å². The third-order valence-electron chi connectivity index (χ3n) is 4.77. The molecular weight excluding hydrogens is 329 g/mol. The fourth-order valence-corrected chi connectivity index (χ4v) is 3.11. The Hall–Kier alpha value is -1.66. The lowest BCUT2D eigenvalue weighted by Crippen LogP contribution is -2.44. The van der Waals surface area contributed by atoms with Gasteiger partial charge in [0, 0.05) is 52.9 Å². The van der Waals surface area contributed by atoms with Gasteiger partial charge in [0.2, 0.25) is 0 Å². The summed E-state index contributed by atoms with van der Waals surface area (Å²) in [4.78, 5) is 11.8. The van der Waals surface area contributed by atoms with Crippen molar-refractivity contribution in [2.45, 2.75) is 26.3 Å². The zero-order valence-corrected chi connectivity index (χ0v) is 16.5. The molecule has 146 valence electrons. The van der Waals surface area contributed by atoms with E-state index < -0.39 is 0 Å². The van der Waals surface area contributed by atoms with Crippen molar-refractivity contribution in [1.82, 2.24) is 20.0 Å². The maximum atomic E-state index is 13.0. The average Bonchev–Trinajstić information content (AvgIpc) is 2.64. The first kappa shape index (κ1) is 20.6. The van der Waals surface area contributed by atoms with Gasteiger partial charge < -0.3 is 20.0 Å². The van der Waals surface area contributed by atoms with Crippen LogP contribution in [0.1, 0.15) is 25.3 Å². The number of unbranched alkanes of at least 4 members (excludes halogenated alkanes) is 1. The maximum Gasteiger partial charge on any atom is 0.193 e. The Kier molecular flexibility index (Phi) is 8.85. The highest BCUT2D eigenvalue weighted by atomic mass is 19.1. The van der Waals surface area contributed by atoms with Crippen molar-refractivity contribution in [3.63, 3.8) is 0 Å². The average molecular weight is 364 g/mol. The Morgan fingerprint density at radius 2 is 1.85 bits per heavy atom. The molecule has 0 amide bonds. The third kappa shape index (κ3) is 7.30. The van der Waals surface area contributed by atoms with E-state index in [0.717, 1.165) is 31.0 Å². The minimum Gasteiger partial charge on any atom is -0.357 e. The Labute approximate surface area is 157 Å². The van der Waals surface area contributed by atoms with Gasteiger partial charge in [0.1, 0.15) is 5.82 Å². The molecular formula is C20H34FN5. The van der Waals surface area contributed by atoms with Crippen LogP contribution in [0.2, 0.25) is 0 Å². The zero-order valence-electron chi connectivity index (χ0n) is 16.5. The van der Waals surface area contributed by atoms with Crippen molar-refractivity contribution in [1.29, 1.82) is 0 Å². The third-order valence-corrected chi connectivity index (χ3v) is 4.77. The Morgan fingerprint density at radius 1 is 1.15 bits per heavy atom. The van der Waals surface area contributed by atoms with Crippen LogP contribution in [-0.2, 0) is 6.54 Å². The number of hydrogen-bond acceptors (Lipinski definition) is 3. The molecule has 1 aromatic carbocycles. The highest BCUT2D eigenvalue weighted by molar-refractivity contribution is 5.79. The molecule has 0 radical (unpaired) electrons.